The van der Waals surface area contributed by atoms with Crippen LogP contribution in [0.15, 0.2) is 18.2 Å². The van der Waals surface area contributed by atoms with Crippen molar-refractivity contribution < 1.29 is 19.1 Å². The number of imide groups is 2. The van der Waals surface area contributed by atoms with Crippen LogP contribution in [0, 0.1) is 5.41 Å². The SMILES string of the molecule is C[C@@H]1CN2c3ccc(N4CCCC4)cc3CC3(C(=O)NC(=O)NC3=O)[C@H]2[C@H](C)O1. The van der Waals surface area contributed by atoms with Crippen LogP contribution in [0.5, 0.6) is 0 Å². The zero-order valence-electron chi connectivity index (χ0n) is 16.7. The zero-order chi connectivity index (χ0) is 20.3. The topological polar surface area (TPSA) is 91.0 Å². The fourth-order valence-corrected chi connectivity index (χ4v) is 5.61. The van der Waals surface area contributed by atoms with Crippen molar-refractivity contribution in [3.05, 3.63) is 23.8 Å². The predicted molar refractivity (Wildman–Crippen MR) is 107 cm³/mol. The van der Waals surface area contributed by atoms with E-state index in [1.807, 2.05) is 13.8 Å². The van der Waals surface area contributed by atoms with Crippen LogP contribution in [0.1, 0.15) is 32.3 Å². The molecule has 154 valence electrons. The molecular weight excluding hydrogens is 372 g/mol. The van der Waals surface area contributed by atoms with Crippen molar-refractivity contribution >= 4 is 29.2 Å². The number of carbonyl (C=O) groups excluding carboxylic acids is 3. The number of hydrogen-bond donors (Lipinski definition) is 2. The molecule has 4 aliphatic heterocycles. The Morgan fingerprint density at radius 1 is 1.07 bits per heavy atom. The van der Waals surface area contributed by atoms with E-state index >= 15 is 0 Å². The first-order valence-corrected chi connectivity index (χ1v) is 10.4. The van der Waals surface area contributed by atoms with Crippen molar-refractivity contribution in [2.24, 2.45) is 5.41 Å². The van der Waals surface area contributed by atoms with Gasteiger partial charge in [0.2, 0.25) is 11.8 Å². The Labute approximate surface area is 169 Å². The van der Waals surface area contributed by atoms with E-state index in [0.29, 0.717) is 6.54 Å². The van der Waals surface area contributed by atoms with Crippen molar-refractivity contribution in [3.8, 4) is 0 Å². The van der Waals surface area contributed by atoms with Crippen LogP contribution in [-0.4, -0.2) is 55.7 Å². The average molecular weight is 398 g/mol. The molecule has 4 amide bonds. The first kappa shape index (κ1) is 18.4. The summed E-state index contributed by atoms with van der Waals surface area (Å²) in [5, 5.41) is 4.67. The van der Waals surface area contributed by atoms with E-state index in [4.69, 9.17) is 4.74 Å². The lowest BCUT2D eigenvalue weighted by molar-refractivity contribution is -0.153. The second-order valence-electron chi connectivity index (χ2n) is 8.64. The number of nitrogens with one attached hydrogen (secondary N) is 2. The molecular formula is C21H26N4O4. The molecule has 8 nitrogen and oxygen atoms in total. The first-order valence-electron chi connectivity index (χ1n) is 10.4. The first-order chi connectivity index (χ1) is 13.9. The van der Waals surface area contributed by atoms with Crippen LogP contribution < -0.4 is 20.4 Å². The Kier molecular flexibility index (Phi) is 4.10. The number of amides is 4. The minimum Gasteiger partial charge on any atom is -0.372 e. The molecule has 3 saturated heterocycles. The smallest absolute Gasteiger partial charge is 0.328 e. The van der Waals surface area contributed by atoms with Gasteiger partial charge in [0.15, 0.2) is 5.41 Å². The quantitative estimate of drug-likeness (QED) is 0.691. The standard InChI is InChI=1S/C21H26N4O4/c1-12-11-25-16-6-5-15(24-7-3-4-8-24)9-14(16)10-21(17(25)13(2)29-12)18(26)22-20(28)23-19(21)27/h5-6,9,12-13,17H,3-4,7-8,10-11H2,1-2H3,(H2,22,23,26,27,28)/t12-,13+,17-/m1/s1. The molecule has 0 saturated carbocycles. The minimum atomic E-state index is -1.40. The molecule has 0 aromatic heterocycles. The monoisotopic (exact) mass is 398 g/mol. The molecule has 0 aliphatic carbocycles. The molecule has 8 heteroatoms. The Hall–Kier alpha value is -2.61. The molecule has 4 aliphatic rings. The largest absolute Gasteiger partial charge is 0.372 e. The fourth-order valence-electron chi connectivity index (χ4n) is 5.61. The van der Waals surface area contributed by atoms with Gasteiger partial charge in [-0.15, -0.1) is 0 Å². The van der Waals surface area contributed by atoms with Crippen molar-refractivity contribution in [1.29, 1.82) is 0 Å². The van der Waals surface area contributed by atoms with Crippen LogP contribution in [0.2, 0.25) is 0 Å². The number of fused-ring (bicyclic) bond motifs is 4. The Bertz CT molecular complexity index is 875. The van der Waals surface area contributed by atoms with Crippen LogP contribution >= 0.6 is 0 Å². The number of rotatable bonds is 1. The molecule has 4 heterocycles. The van der Waals surface area contributed by atoms with Crippen LogP contribution in [0.4, 0.5) is 16.2 Å². The highest BCUT2D eigenvalue weighted by molar-refractivity contribution is 6.20. The van der Waals surface area contributed by atoms with Crippen LogP contribution in [0.3, 0.4) is 0 Å². The molecule has 29 heavy (non-hydrogen) atoms. The predicted octanol–water partition coefficient (Wildman–Crippen LogP) is 1.18. The van der Waals surface area contributed by atoms with Gasteiger partial charge in [-0.3, -0.25) is 20.2 Å². The van der Waals surface area contributed by atoms with Gasteiger partial charge in [-0.05, 0) is 56.9 Å². The minimum absolute atomic E-state index is 0.0288. The van der Waals surface area contributed by atoms with Gasteiger partial charge < -0.3 is 14.5 Å². The normalized spacial score (nSPS) is 30.7. The number of anilines is 2. The van der Waals surface area contributed by atoms with Gasteiger partial charge in [0, 0.05) is 31.0 Å². The van der Waals surface area contributed by atoms with Gasteiger partial charge in [-0.25, -0.2) is 4.79 Å². The maximum atomic E-state index is 13.1. The average Bonchev–Trinajstić information content (AvgIpc) is 3.20. The Morgan fingerprint density at radius 3 is 2.45 bits per heavy atom. The lowest BCUT2D eigenvalue weighted by Crippen LogP contribution is -2.75. The number of morpholine rings is 1. The maximum Gasteiger partial charge on any atom is 0.328 e. The van der Waals surface area contributed by atoms with Crippen molar-refractivity contribution in [1.82, 2.24) is 10.6 Å². The third-order valence-electron chi connectivity index (χ3n) is 6.76. The highest BCUT2D eigenvalue weighted by atomic mass is 16.5. The third-order valence-corrected chi connectivity index (χ3v) is 6.76. The van der Waals surface area contributed by atoms with E-state index in [1.54, 1.807) is 0 Å². The number of benzene rings is 1. The molecule has 5 rings (SSSR count). The second kappa shape index (κ2) is 6.45. The number of barbiturate groups is 1. The molecule has 1 aromatic carbocycles. The molecule has 0 bridgehead atoms. The molecule has 0 unspecified atom stereocenters. The van der Waals surface area contributed by atoms with E-state index in [1.165, 1.54) is 12.8 Å². The lowest BCUT2D eigenvalue weighted by Gasteiger charge is -2.55. The summed E-state index contributed by atoms with van der Waals surface area (Å²) in [5.74, 6) is -1.08. The van der Waals surface area contributed by atoms with Crippen LogP contribution in [0.25, 0.3) is 0 Å². The summed E-state index contributed by atoms with van der Waals surface area (Å²) >= 11 is 0. The summed E-state index contributed by atoms with van der Waals surface area (Å²) in [5.41, 5.74) is 1.73. The number of urea groups is 1. The van der Waals surface area contributed by atoms with E-state index in [9.17, 15) is 14.4 Å². The van der Waals surface area contributed by atoms with Gasteiger partial charge in [0.25, 0.3) is 0 Å². The zero-order valence-corrected chi connectivity index (χ0v) is 16.7. The van der Waals surface area contributed by atoms with Gasteiger partial charge in [-0.2, -0.15) is 0 Å². The van der Waals surface area contributed by atoms with E-state index in [2.05, 4.69) is 38.6 Å². The summed E-state index contributed by atoms with van der Waals surface area (Å²) in [6.45, 7) is 6.52. The summed E-state index contributed by atoms with van der Waals surface area (Å²) in [6.07, 6.45) is 2.23. The van der Waals surface area contributed by atoms with E-state index in [-0.39, 0.29) is 18.6 Å². The molecule has 1 aromatic rings. The Morgan fingerprint density at radius 2 is 1.76 bits per heavy atom. The molecule has 3 atom stereocenters. The van der Waals surface area contributed by atoms with Gasteiger partial charge in [0.05, 0.1) is 18.2 Å². The summed E-state index contributed by atoms with van der Waals surface area (Å²) < 4.78 is 6.03. The third kappa shape index (κ3) is 2.65. The Balaban J connectivity index is 1.64. The van der Waals surface area contributed by atoms with Crippen LogP contribution in [-0.2, 0) is 20.7 Å². The highest BCUT2D eigenvalue weighted by Crippen LogP contribution is 2.47. The summed E-state index contributed by atoms with van der Waals surface area (Å²) in [4.78, 5) is 42.5. The fraction of sp³-hybridized carbons (Fsp3) is 0.571. The van der Waals surface area contributed by atoms with E-state index in [0.717, 1.165) is 30.0 Å². The summed E-state index contributed by atoms with van der Waals surface area (Å²) in [6, 6.07) is 5.12. The summed E-state index contributed by atoms with van der Waals surface area (Å²) in [7, 11) is 0. The van der Waals surface area contributed by atoms with Gasteiger partial charge in [0.1, 0.15) is 0 Å². The number of carbonyl (C=O) groups is 3. The number of hydrogen-bond acceptors (Lipinski definition) is 6. The van der Waals surface area contributed by atoms with E-state index < -0.39 is 29.3 Å². The lowest BCUT2D eigenvalue weighted by atomic mass is 9.66. The van der Waals surface area contributed by atoms with Gasteiger partial charge in [-0.1, -0.05) is 0 Å². The highest BCUT2D eigenvalue weighted by Gasteiger charge is 2.62. The van der Waals surface area contributed by atoms with Crippen molar-refractivity contribution in [2.45, 2.75) is 51.4 Å². The molecule has 2 N–H and O–H groups in total. The van der Waals surface area contributed by atoms with Crippen molar-refractivity contribution in [3.63, 3.8) is 0 Å². The van der Waals surface area contributed by atoms with Gasteiger partial charge >= 0.3 is 6.03 Å². The number of ether oxygens (including phenoxy) is 1. The molecule has 3 fully saturated rings. The second-order valence-corrected chi connectivity index (χ2v) is 8.64. The molecule has 0 radical (unpaired) electrons. The maximum absolute atomic E-state index is 13.1. The molecule has 1 spiro atoms. The van der Waals surface area contributed by atoms with Crippen molar-refractivity contribution in [2.75, 3.05) is 29.4 Å². The number of nitrogens with zero attached hydrogens (tertiary/aromatic N) is 2.